The zero-order chi connectivity index (χ0) is 17.0. The topological polar surface area (TPSA) is 91.5 Å². The second kappa shape index (κ2) is 6.84. The maximum absolute atomic E-state index is 12.3. The summed E-state index contributed by atoms with van der Waals surface area (Å²) >= 11 is 0. The van der Waals surface area contributed by atoms with Crippen molar-refractivity contribution in [2.45, 2.75) is 6.54 Å². The molecule has 0 saturated heterocycles. The molecule has 0 spiro atoms. The number of carbonyl (C=O) groups is 1. The van der Waals surface area contributed by atoms with Crippen LogP contribution in [0.5, 0.6) is 0 Å². The van der Waals surface area contributed by atoms with Gasteiger partial charge in [0.1, 0.15) is 11.9 Å². The highest BCUT2D eigenvalue weighted by Crippen LogP contribution is 2.22. The number of hydrogen-bond acceptors (Lipinski definition) is 4. The molecule has 1 N–H and O–H groups in total. The molecule has 7 nitrogen and oxygen atoms in total. The van der Waals surface area contributed by atoms with Crippen molar-refractivity contribution < 1.29 is 22.4 Å². The van der Waals surface area contributed by atoms with E-state index in [2.05, 4.69) is 5.10 Å². The summed E-state index contributed by atoms with van der Waals surface area (Å²) in [7, 11) is -0.777. The van der Waals surface area contributed by atoms with E-state index in [1.807, 2.05) is 30.3 Å². The number of carbonyl (C=O) groups excluding carboxylic acids is 1. The third-order valence-corrected chi connectivity index (χ3v) is 3.90. The first-order valence-corrected chi connectivity index (χ1v) is 8.51. The maximum Gasteiger partial charge on any atom is 0.271 e. The minimum absolute atomic E-state index is 0.00486. The molecule has 0 unspecified atom stereocenters. The van der Waals surface area contributed by atoms with E-state index in [-0.39, 0.29) is 12.5 Å². The van der Waals surface area contributed by atoms with Gasteiger partial charge in [-0.3, -0.25) is 9.35 Å². The number of aromatic nitrogens is 2. The Hall–Kier alpha value is -2.32. The van der Waals surface area contributed by atoms with E-state index >= 15 is 0 Å². The summed E-state index contributed by atoms with van der Waals surface area (Å²) in [5.74, 6) is -0.641. The molecule has 1 heterocycles. The van der Waals surface area contributed by atoms with E-state index in [1.165, 1.54) is 15.8 Å². The molecule has 0 aliphatic carbocycles. The van der Waals surface area contributed by atoms with Crippen molar-refractivity contribution in [1.29, 1.82) is 0 Å². The first-order valence-electron chi connectivity index (χ1n) is 6.90. The van der Waals surface area contributed by atoms with Crippen LogP contribution in [0.1, 0.15) is 10.4 Å². The molecular formula is C15H18N3O4S+. The summed E-state index contributed by atoms with van der Waals surface area (Å²) in [6.07, 6.45) is 3.02. The van der Waals surface area contributed by atoms with Crippen LogP contribution in [-0.4, -0.2) is 48.7 Å². The molecule has 0 atom stereocenters. The second-order valence-corrected chi connectivity index (χ2v) is 6.79. The van der Waals surface area contributed by atoms with E-state index in [0.717, 1.165) is 5.56 Å². The van der Waals surface area contributed by atoms with Gasteiger partial charge in [-0.1, -0.05) is 35.0 Å². The molecule has 0 aliphatic rings. The molecule has 2 rings (SSSR count). The molecule has 2 aromatic rings. The van der Waals surface area contributed by atoms with Gasteiger partial charge in [-0.15, -0.1) is 0 Å². The maximum atomic E-state index is 12.3. The summed E-state index contributed by atoms with van der Waals surface area (Å²) in [5.41, 5.74) is 1.89. The Bertz CT molecular complexity index is 805. The van der Waals surface area contributed by atoms with Crippen LogP contribution in [0.15, 0.2) is 42.7 Å². The summed E-state index contributed by atoms with van der Waals surface area (Å²) in [6, 6.07) is 9.28. The van der Waals surface area contributed by atoms with Crippen molar-refractivity contribution in [2.75, 3.05) is 19.8 Å². The SMILES string of the molecule is CN(C)C(=O)c1cn[n+](CCS(=O)(=O)O)cc1-c1ccccc1. The average Bonchev–Trinajstić information content (AvgIpc) is 2.52. The van der Waals surface area contributed by atoms with Gasteiger partial charge in [-0.25, -0.2) is 0 Å². The number of nitrogens with zero attached hydrogens (tertiary/aromatic N) is 3. The zero-order valence-electron chi connectivity index (χ0n) is 12.9. The standard InChI is InChI=1S/C15H17N3O4S/c1-17(2)15(19)13-10-16-18(8-9-23(20,21)22)11-14(13)12-6-4-3-5-7-12/h3-7,10-11H,8-9H2,1-2H3/p+1. The van der Waals surface area contributed by atoms with Gasteiger partial charge in [0.2, 0.25) is 6.20 Å². The van der Waals surface area contributed by atoms with E-state index in [4.69, 9.17) is 4.55 Å². The summed E-state index contributed by atoms with van der Waals surface area (Å²) in [4.78, 5) is 13.8. The fourth-order valence-corrected chi connectivity index (χ4v) is 2.46. The first-order chi connectivity index (χ1) is 10.8. The Morgan fingerprint density at radius 1 is 1.26 bits per heavy atom. The van der Waals surface area contributed by atoms with Gasteiger partial charge in [0.05, 0.1) is 11.1 Å². The zero-order valence-corrected chi connectivity index (χ0v) is 13.7. The monoisotopic (exact) mass is 336 g/mol. The minimum atomic E-state index is -4.08. The molecule has 0 fully saturated rings. The van der Waals surface area contributed by atoms with Gasteiger partial charge in [-0.2, -0.15) is 8.42 Å². The van der Waals surface area contributed by atoms with Crippen molar-refractivity contribution in [3.05, 3.63) is 48.3 Å². The number of benzene rings is 1. The Morgan fingerprint density at radius 3 is 2.48 bits per heavy atom. The van der Waals surface area contributed by atoms with Crippen LogP contribution in [0.25, 0.3) is 11.1 Å². The van der Waals surface area contributed by atoms with Crippen LogP contribution >= 0.6 is 0 Å². The third kappa shape index (κ3) is 4.57. The Labute approximate surface area is 134 Å². The average molecular weight is 336 g/mol. The summed E-state index contributed by atoms with van der Waals surface area (Å²) < 4.78 is 32.0. The highest BCUT2D eigenvalue weighted by Gasteiger charge is 2.20. The molecule has 0 aliphatic heterocycles. The quantitative estimate of drug-likeness (QED) is 0.638. The summed E-state index contributed by atoms with van der Waals surface area (Å²) in [6.45, 7) is -0.00486. The molecule has 0 bridgehead atoms. The molecule has 122 valence electrons. The van der Waals surface area contributed by atoms with Crippen molar-refractivity contribution in [3.63, 3.8) is 0 Å². The smallest absolute Gasteiger partial charge is 0.271 e. The van der Waals surface area contributed by atoms with E-state index in [9.17, 15) is 13.2 Å². The lowest BCUT2D eigenvalue weighted by Gasteiger charge is -2.12. The summed E-state index contributed by atoms with van der Waals surface area (Å²) in [5, 5.41) is 4.07. The molecule has 1 aromatic heterocycles. The van der Waals surface area contributed by atoms with Crippen LogP contribution in [-0.2, 0) is 16.7 Å². The van der Waals surface area contributed by atoms with Crippen LogP contribution in [0.3, 0.4) is 0 Å². The van der Waals surface area contributed by atoms with Gasteiger partial charge in [0.25, 0.3) is 16.0 Å². The normalized spacial score (nSPS) is 11.3. The molecule has 1 aromatic carbocycles. The molecule has 23 heavy (non-hydrogen) atoms. The van der Waals surface area contributed by atoms with E-state index < -0.39 is 15.9 Å². The molecule has 8 heteroatoms. The number of hydrogen-bond donors (Lipinski definition) is 1. The molecule has 1 amide bonds. The second-order valence-electron chi connectivity index (χ2n) is 5.22. The highest BCUT2D eigenvalue weighted by atomic mass is 32.2. The van der Waals surface area contributed by atoms with Crippen molar-refractivity contribution >= 4 is 16.0 Å². The number of aryl methyl sites for hydroxylation is 1. The Balaban J connectivity index is 2.47. The Kier molecular flexibility index (Phi) is 5.07. The van der Waals surface area contributed by atoms with Crippen molar-refractivity contribution in [3.8, 4) is 11.1 Å². The predicted molar refractivity (Wildman–Crippen MR) is 84.3 cm³/mol. The lowest BCUT2D eigenvalue weighted by atomic mass is 10.0. The van der Waals surface area contributed by atoms with Crippen LogP contribution in [0.4, 0.5) is 0 Å². The molecule has 0 saturated carbocycles. The van der Waals surface area contributed by atoms with Gasteiger partial charge < -0.3 is 4.90 Å². The van der Waals surface area contributed by atoms with Crippen LogP contribution in [0, 0.1) is 0 Å². The van der Waals surface area contributed by atoms with Crippen LogP contribution in [0.2, 0.25) is 0 Å². The predicted octanol–water partition coefficient (Wildman–Crippen LogP) is 0.626. The number of amides is 1. The highest BCUT2D eigenvalue weighted by molar-refractivity contribution is 7.85. The third-order valence-electron chi connectivity index (χ3n) is 3.20. The van der Waals surface area contributed by atoms with Gasteiger partial charge in [0, 0.05) is 14.1 Å². The lowest BCUT2D eigenvalue weighted by Crippen LogP contribution is -2.41. The fourth-order valence-electron chi connectivity index (χ4n) is 2.04. The number of rotatable bonds is 5. The lowest BCUT2D eigenvalue weighted by molar-refractivity contribution is -0.749. The van der Waals surface area contributed by atoms with E-state index in [0.29, 0.717) is 11.1 Å². The van der Waals surface area contributed by atoms with Gasteiger partial charge in [0.15, 0.2) is 6.54 Å². The fraction of sp³-hybridized carbons (Fsp3) is 0.267. The Morgan fingerprint density at radius 2 is 1.91 bits per heavy atom. The first kappa shape index (κ1) is 17.0. The molecular weight excluding hydrogens is 318 g/mol. The van der Waals surface area contributed by atoms with Gasteiger partial charge in [-0.05, 0) is 10.7 Å². The van der Waals surface area contributed by atoms with Crippen LogP contribution < -0.4 is 4.68 Å². The minimum Gasteiger partial charge on any atom is -0.345 e. The van der Waals surface area contributed by atoms with E-state index in [1.54, 1.807) is 20.3 Å². The largest absolute Gasteiger partial charge is 0.345 e. The molecule has 0 radical (unpaired) electrons. The van der Waals surface area contributed by atoms with Crippen molar-refractivity contribution in [1.82, 2.24) is 10.00 Å². The van der Waals surface area contributed by atoms with Gasteiger partial charge >= 0.3 is 0 Å². The van der Waals surface area contributed by atoms with Crippen molar-refractivity contribution in [2.24, 2.45) is 0 Å².